The zero-order valence-electron chi connectivity index (χ0n) is 16.8. The van der Waals surface area contributed by atoms with Crippen molar-refractivity contribution in [1.29, 1.82) is 0 Å². The minimum absolute atomic E-state index is 0.0725. The van der Waals surface area contributed by atoms with Gasteiger partial charge in [0.05, 0.1) is 6.10 Å². The molecule has 0 saturated heterocycles. The van der Waals surface area contributed by atoms with Crippen LogP contribution in [0.2, 0.25) is 0 Å². The van der Waals surface area contributed by atoms with E-state index >= 15 is 8.78 Å². The number of hydrogen-bond donors (Lipinski definition) is 2. The predicted molar refractivity (Wildman–Crippen MR) is 98.9 cm³/mol. The smallest absolute Gasteiger partial charge is 0.161 e. The Morgan fingerprint density at radius 3 is 2.57 bits per heavy atom. The monoisotopic (exact) mass is 396 g/mol. The molecule has 156 valence electrons. The third kappa shape index (κ3) is 2.28. The molecule has 0 bridgehead atoms. The van der Waals surface area contributed by atoms with Gasteiger partial charge in [0, 0.05) is 23.2 Å². The molecular weight excluding hydrogens is 366 g/mol. The van der Waals surface area contributed by atoms with Crippen LogP contribution in [0.3, 0.4) is 0 Å². The van der Waals surface area contributed by atoms with E-state index < -0.39 is 53.1 Å². The third-order valence-corrected chi connectivity index (χ3v) is 8.88. The first-order valence-electron chi connectivity index (χ1n) is 10.4. The Kier molecular flexibility index (Phi) is 4.45. The number of aliphatic hydroxyl groups excluding tert-OH is 2. The minimum Gasteiger partial charge on any atom is -0.390 e. The molecule has 1 unspecified atom stereocenters. The SMILES string of the molecule is CC1C[C@@]2(C)C(=CC1=O)[C@@H](F)C[C@H]1[C@@H]3CC[C@H](C(=O)C[16OH])[C@@]3(C)C[C@H]([16OH])[C@@]12F. The normalized spacial score (nSPS) is 53.1. The molecule has 4 aliphatic rings. The highest BCUT2D eigenvalue weighted by Crippen LogP contribution is 2.70. The van der Waals surface area contributed by atoms with Gasteiger partial charge in [0.2, 0.25) is 0 Å². The van der Waals surface area contributed by atoms with Gasteiger partial charge in [0.1, 0.15) is 18.4 Å². The van der Waals surface area contributed by atoms with Gasteiger partial charge in [-0.3, -0.25) is 9.59 Å². The fourth-order valence-electron chi connectivity index (χ4n) is 7.52. The summed E-state index contributed by atoms with van der Waals surface area (Å²) in [6.07, 6.45) is -0.129. The van der Waals surface area contributed by atoms with Gasteiger partial charge in [0.25, 0.3) is 0 Å². The third-order valence-electron chi connectivity index (χ3n) is 8.88. The predicted octanol–water partition coefficient (Wildman–Crippen LogP) is 2.95. The molecule has 0 aromatic carbocycles. The summed E-state index contributed by atoms with van der Waals surface area (Å²) in [5, 5.41) is 20.5. The molecule has 6 heteroatoms. The fraction of sp³-hybridized carbons (Fsp3) is 0.818. The number of Topliss-reactive ketones (excluding diaryl/α,β-unsaturated/α-hetero) is 1. The number of carbonyl (C=O) groups excluding carboxylic acids is 2. The van der Waals surface area contributed by atoms with Crippen molar-refractivity contribution in [2.24, 2.45) is 34.5 Å². The largest absolute Gasteiger partial charge is 0.390 e. The van der Waals surface area contributed by atoms with Gasteiger partial charge in [0.15, 0.2) is 11.6 Å². The van der Waals surface area contributed by atoms with Crippen LogP contribution in [0.15, 0.2) is 11.6 Å². The van der Waals surface area contributed by atoms with Gasteiger partial charge in [-0.15, -0.1) is 0 Å². The summed E-state index contributed by atoms with van der Waals surface area (Å²) in [5.74, 6) is -2.25. The highest BCUT2D eigenvalue weighted by Gasteiger charge is 2.73. The summed E-state index contributed by atoms with van der Waals surface area (Å²) in [6.45, 7) is 4.72. The Labute approximate surface area is 164 Å². The first kappa shape index (κ1) is 20.1. The number of rotatable bonds is 2. The highest BCUT2D eigenvalue weighted by atomic mass is 19.1. The van der Waals surface area contributed by atoms with Crippen LogP contribution >= 0.6 is 0 Å². The van der Waals surface area contributed by atoms with Gasteiger partial charge >= 0.3 is 0 Å². The van der Waals surface area contributed by atoms with Crippen molar-refractivity contribution in [3.05, 3.63) is 11.6 Å². The van der Waals surface area contributed by atoms with E-state index in [1.54, 1.807) is 13.8 Å². The van der Waals surface area contributed by atoms with Crippen molar-refractivity contribution in [3.63, 3.8) is 0 Å². The van der Waals surface area contributed by atoms with Crippen molar-refractivity contribution < 1.29 is 28.6 Å². The van der Waals surface area contributed by atoms with Crippen LogP contribution in [0, 0.1) is 34.5 Å². The van der Waals surface area contributed by atoms with E-state index in [0.717, 1.165) is 0 Å². The maximum absolute atomic E-state index is 16.9. The molecule has 4 rings (SSSR count). The molecule has 4 nitrogen and oxygen atoms in total. The summed E-state index contributed by atoms with van der Waals surface area (Å²) in [7, 11) is 0. The number of halogens is 2. The maximum atomic E-state index is 16.9. The Balaban J connectivity index is 1.81. The number of alkyl halides is 2. The zero-order chi connectivity index (χ0) is 20.6. The summed E-state index contributed by atoms with van der Waals surface area (Å²) in [5.41, 5.74) is -3.72. The maximum Gasteiger partial charge on any atom is 0.161 e. The van der Waals surface area contributed by atoms with Gasteiger partial charge in [-0.25, -0.2) is 8.78 Å². The van der Waals surface area contributed by atoms with Crippen LogP contribution in [-0.2, 0) is 9.59 Å². The van der Waals surface area contributed by atoms with Crippen LogP contribution in [0.5, 0.6) is 0 Å². The van der Waals surface area contributed by atoms with Crippen LogP contribution in [0.25, 0.3) is 0 Å². The molecule has 0 aromatic heterocycles. The van der Waals surface area contributed by atoms with E-state index in [-0.39, 0.29) is 42.3 Å². The van der Waals surface area contributed by atoms with Gasteiger partial charge in [-0.1, -0.05) is 20.8 Å². The Bertz CT molecular complexity index is 751. The Morgan fingerprint density at radius 1 is 1.25 bits per heavy atom. The lowest BCUT2D eigenvalue weighted by Gasteiger charge is -2.63. The molecule has 0 amide bonds. The minimum atomic E-state index is -2.03. The number of aliphatic hydroxyl groups is 2. The number of carbonyl (C=O) groups is 2. The van der Waals surface area contributed by atoms with Gasteiger partial charge in [-0.2, -0.15) is 0 Å². The first-order chi connectivity index (χ1) is 13.0. The molecule has 0 aliphatic heterocycles. The van der Waals surface area contributed by atoms with Crippen molar-refractivity contribution in [2.45, 2.75) is 70.8 Å². The summed E-state index contributed by atoms with van der Waals surface area (Å²) in [6, 6.07) is 0. The number of hydrogen-bond acceptors (Lipinski definition) is 4. The van der Waals surface area contributed by atoms with Crippen molar-refractivity contribution in [1.82, 2.24) is 0 Å². The average molecular weight is 396 g/mol. The average Bonchev–Trinajstić information content (AvgIpc) is 2.96. The lowest BCUT2D eigenvalue weighted by Crippen LogP contribution is -2.69. The standard InChI is InChI=1S/C22H30F2O4/c1-11-8-21(3)15(7-17(11)26)16(23)6-14-12-4-5-13(18(27)10-25)20(12,2)9-19(28)22(14,21)24/h7,11-14,16,19,25,28H,4-6,8-10H2,1-3H3/t11?,12-,13+,14-,16-,19-,20-,21-,22-/m0/s1/i25+0,28+0. The molecule has 28 heavy (non-hydrogen) atoms. The van der Waals surface area contributed by atoms with E-state index in [2.05, 4.69) is 0 Å². The Hall–Kier alpha value is -1.14. The first-order valence-corrected chi connectivity index (χ1v) is 10.4. The molecule has 9 atom stereocenters. The quantitative estimate of drug-likeness (QED) is 0.753. The van der Waals surface area contributed by atoms with E-state index in [1.807, 2.05) is 6.92 Å². The van der Waals surface area contributed by atoms with Crippen molar-refractivity contribution in [2.75, 3.05) is 6.61 Å². The molecular formula is C22H30F2O4. The molecule has 4 aliphatic carbocycles. The van der Waals surface area contributed by atoms with E-state index in [0.29, 0.717) is 12.8 Å². The molecule has 0 spiro atoms. The van der Waals surface area contributed by atoms with Crippen LogP contribution in [0.4, 0.5) is 8.78 Å². The molecule has 2 N–H and O–H groups in total. The number of fused-ring (bicyclic) bond motifs is 5. The second-order valence-corrected chi connectivity index (χ2v) is 10.1. The second kappa shape index (κ2) is 6.18. The van der Waals surface area contributed by atoms with Crippen LogP contribution in [0.1, 0.15) is 52.9 Å². The number of allylic oxidation sites excluding steroid dienone is 1. The van der Waals surface area contributed by atoms with E-state index in [9.17, 15) is 19.8 Å². The second-order valence-electron chi connectivity index (χ2n) is 10.1. The van der Waals surface area contributed by atoms with Gasteiger partial charge < -0.3 is 10.2 Å². The highest BCUT2D eigenvalue weighted by molar-refractivity contribution is 5.93. The summed E-state index contributed by atoms with van der Waals surface area (Å²) in [4.78, 5) is 24.5. The van der Waals surface area contributed by atoms with E-state index in [4.69, 9.17) is 0 Å². The molecule has 3 fully saturated rings. The van der Waals surface area contributed by atoms with Crippen molar-refractivity contribution >= 4 is 11.6 Å². The van der Waals surface area contributed by atoms with Crippen LogP contribution < -0.4 is 0 Å². The molecule has 0 aromatic rings. The summed E-state index contributed by atoms with van der Waals surface area (Å²) < 4.78 is 32.2. The van der Waals surface area contributed by atoms with Gasteiger partial charge in [-0.05, 0) is 55.1 Å². The molecule has 3 saturated carbocycles. The van der Waals surface area contributed by atoms with E-state index in [1.165, 1.54) is 6.08 Å². The Morgan fingerprint density at radius 2 is 1.93 bits per heavy atom. The molecule has 0 heterocycles. The van der Waals surface area contributed by atoms with Crippen LogP contribution in [-0.4, -0.2) is 46.3 Å². The number of ketones is 2. The molecule has 0 radical (unpaired) electrons. The zero-order valence-corrected chi connectivity index (χ0v) is 16.8. The van der Waals surface area contributed by atoms with Crippen molar-refractivity contribution in [3.8, 4) is 0 Å². The lowest BCUT2D eigenvalue weighted by atomic mass is 9.43. The fourth-order valence-corrected chi connectivity index (χ4v) is 7.52. The summed E-state index contributed by atoms with van der Waals surface area (Å²) >= 11 is 0. The lowest BCUT2D eigenvalue weighted by molar-refractivity contribution is -0.217. The topological polar surface area (TPSA) is 74.6 Å².